The minimum Gasteiger partial charge on any atom is -0.455 e. The molecule has 0 bridgehead atoms. The molecule has 0 aliphatic carbocycles. The Hall–Kier alpha value is -3.66. The number of amides is 1. The molecule has 1 amide bonds. The zero-order valence-electron chi connectivity index (χ0n) is 17.1. The monoisotopic (exact) mass is 397 g/mol. The van der Waals surface area contributed by atoms with Crippen LogP contribution >= 0.6 is 0 Å². The summed E-state index contributed by atoms with van der Waals surface area (Å²) in [7, 11) is 0. The highest BCUT2D eigenvalue weighted by Crippen LogP contribution is 2.28. The Morgan fingerprint density at radius 1 is 0.900 bits per heavy atom. The summed E-state index contributed by atoms with van der Waals surface area (Å²) in [5, 5.41) is 0.425. The van der Waals surface area contributed by atoms with Crippen molar-refractivity contribution in [2.45, 2.75) is 20.4 Å². The Morgan fingerprint density at radius 2 is 1.57 bits per heavy atom. The molecule has 0 N–H and O–H groups in total. The van der Waals surface area contributed by atoms with Crippen LogP contribution in [0.4, 0.5) is 0 Å². The average molecular weight is 397 g/mol. The molecule has 0 aliphatic heterocycles. The van der Waals surface area contributed by atoms with E-state index in [1.54, 1.807) is 30.0 Å². The summed E-state index contributed by atoms with van der Waals surface area (Å²) in [6.45, 7) is 4.75. The molecule has 4 heteroatoms. The minimum absolute atomic E-state index is 0.115. The van der Waals surface area contributed by atoms with Gasteiger partial charge in [0.15, 0.2) is 11.0 Å². The Labute approximate surface area is 175 Å². The van der Waals surface area contributed by atoms with Crippen LogP contribution in [-0.2, 0) is 6.54 Å². The summed E-state index contributed by atoms with van der Waals surface area (Å²) in [5.41, 5.74) is 3.02. The van der Waals surface area contributed by atoms with E-state index < -0.39 is 0 Å². The fourth-order valence-corrected chi connectivity index (χ4v) is 3.64. The molecule has 4 nitrogen and oxygen atoms in total. The van der Waals surface area contributed by atoms with Gasteiger partial charge in [-0.2, -0.15) is 0 Å². The van der Waals surface area contributed by atoms with E-state index >= 15 is 0 Å². The fourth-order valence-electron chi connectivity index (χ4n) is 3.64. The molecule has 30 heavy (non-hydrogen) atoms. The highest BCUT2D eigenvalue weighted by molar-refractivity contribution is 6.05. The number of hydrogen-bond acceptors (Lipinski definition) is 3. The van der Waals surface area contributed by atoms with Crippen LogP contribution < -0.4 is 5.43 Å². The van der Waals surface area contributed by atoms with Gasteiger partial charge in [-0.3, -0.25) is 9.59 Å². The van der Waals surface area contributed by atoms with Gasteiger partial charge in [0.05, 0.1) is 10.9 Å². The SMILES string of the molecule is CCN(Cc1ccccc1)C(=O)c1cccc2c(=O)c(C)c(-c3ccccc3)oc12. The van der Waals surface area contributed by atoms with Crippen LogP contribution in [0, 0.1) is 6.92 Å². The fraction of sp³-hybridized carbons (Fsp3) is 0.154. The third-order valence-electron chi connectivity index (χ3n) is 5.30. The zero-order valence-corrected chi connectivity index (χ0v) is 17.1. The molecule has 1 heterocycles. The van der Waals surface area contributed by atoms with Crippen molar-refractivity contribution in [3.8, 4) is 11.3 Å². The topological polar surface area (TPSA) is 50.5 Å². The molecule has 4 aromatic rings. The van der Waals surface area contributed by atoms with Gasteiger partial charge in [-0.15, -0.1) is 0 Å². The molecule has 0 aliphatic rings. The molecule has 1 aromatic heterocycles. The van der Waals surface area contributed by atoms with E-state index in [0.29, 0.717) is 40.9 Å². The van der Waals surface area contributed by atoms with E-state index in [2.05, 4.69) is 0 Å². The van der Waals surface area contributed by atoms with Crippen molar-refractivity contribution in [3.05, 3.63) is 106 Å². The first kappa shape index (κ1) is 19.6. The molecule has 0 saturated heterocycles. The maximum Gasteiger partial charge on any atom is 0.257 e. The van der Waals surface area contributed by atoms with Crippen molar-refractivity contribution in [2.24, 2.45) is 0 Å². The second-order valence-corrected chi connectivity index (χ2v) is 7.24. The molecule has 3 aromatic carbocycles. The van der Waals surface area contributed by atoms with Crippen molar-refractivity contribution in [1.82, 2.24) is 4.90 Å². The van der Waals surface area contributed by atoms with Gasteiger partial charge in [-0.05, 0) is 31.5 Å². The predicted molar refractivity (Wildman–Crippen MR) is 120 cm³/mol. The molecule has 0 unspecified atom stereocenters. The first-order valence-electron chi connectivity index (χ1n) is 10.0. The quantitative estimate of drug-likeness (QED) is 0.451. The lowest BCUT2D eigenvalue weighted by Crippen LogP contribution is -2.30. The first-order valence-corrected chi connectivity index (χ1v) is 10.0. The lowest BCUT2D eigenvalue weighted by molar-refractivity contribution is 0.0753. The standard InChI is InChI=1S/C26H23NO3/c1-3-27(17-19-11-6-4-7-12-19)26(29)22-16-10-15-21-23(28)18(2)24(30-25(21)22)20-13-8-5-9-14-20/h4-16H,3,17H2,1-2H3. The van der Waals surface area contributed by atoms with Crippen molar-refractivity contribution in [1.29, 1.82) is 0 Å². The third-order valence-corrected chi connectivity index (χ3v) is 5.30. The van der Waals surface area contributed by atoms with E-state index in [1.807, 2.05) is 67.6 Å². The lowest BCUT2D eigenvalue weighted by Gasteiger charge is -2.21. The van der Waals surface area contributed by atoms with Crippen molar-refractivity contribution in [2.75, 3.05) is 6.54 Å². The van der Waals surface area contributed by atoms with Crippen LogP contribution in [0.25, 0.3) is 22.3 Å². The number of benzene rings is 3. The lowest BCUT2D eigenvalue weighted by atomic mass is 10.0. The third kappa shape index (κ3) is 3.64. The van der Waals surface area contributed by atoms with Crippen molar-refractivity contribution >= 4 is 16.9 Å². The highest BCUT2D eigenvalue weighted by Gasteiger charge is 2.21. The van der Waals surface area contributed by atoms with Gasteiger partial charge in [0.1, 0.15) is 5.76 Å². The number of fused-ring (bicyclic) bond motifs is 1. The largest absolute Gasteiger partial charge is 0.455 e. The van der Waals surface area contributed by atoms with Crippen LogP contribution in [0.1, 0.15) is 28.4 Å². The second-order valence-electron chi connectivity index (χ2n) is 7.24. The van der Waals surface area contributed by atoms with Gasteiger partial charge in [0, 0.05) is 24.2 Å². The molecule has 0 radical (unpaired) electrons. The number of para-hydroxylation sites is 1. The van der Waals surface area contributed by atoms with Gasteiger partial charge in [0.2, 0.25) is 0 Å². The normalized spacial score (nSPS) is 10.9. The number of nitrogens with zero attached hydrogens (tertiary/aromatic N) is 1. The van der Waals surface area contributed by atoms with Crippen LogP contribution in [0.2, 0.25) is 0 Å². The van der Waals surface area contributed by atoms with Gasteiger partial charge in [-0.1, -0.05) is 66.7 Å². The summed E-state index contributed by atoms with van der Waals surface area (Å²) in [4.78, 5) is 28.2. The summed E-state index contributed by atoms with van der Waals surface area (Å²) in [6, 6.07) is 24.5. The molecule has 0 atom stereocenters. The molecule has 150 valence electrons. The average Bonchev–Trinajstić information content (AvgIpc) is 2.80. The number of carbonyl (C=O) groups excluding carboxylic acids is 1. The molecule has 4 rings (SSSR count). The smallest absolute Gasteiger partial charge is 0.257 e. The van der Waals surface area contributed by atoms with E-state index in [1.165, 1.54) is 0 Å². The maximum absolute atomic E-state index is 13.4. The number of hydrogen-bond donors (Lipinski definition) is 0. The summed E-state index contributed by atoms with van der Waals surface area (Å²) in [6.07, 6.45) is 0. The van der Waals surface area contributed by atoms with E-state index in [0.717, 1.165) is 11.1 Å². The Balaban J connectivity index is 1.83. The highest BCUT2D eigenvalue weighted by atomic mass is 16.3. The van der Waals surface area contributed by atoms with Crippen LogP contribution in [0.3, 0.4) is 0 Å². The summed E-state index contributed by atoms with van der Waals surface area (Å²) < 4.78 is 6.21. The second kappa shape index (κ2) is 8.37. The van der Waals surface area contributed by atoms with E-state index in [4.69, 9.17) is 4.42 Å². The molecule has 0 spiro atoms. The van der Waals surface area contributed by atoms with Crippen molar-refractivity contribution in [3.63, 3.8) is 0 Å². The number of rotatable bonds is 5. The summed E-state index contributed by atoms with van der Waals surface area (Å²) >= 11 is 0. The van der Waals surface area contributed by atoms with E-state index in [-0.39, 0.29) is 11.3 Å². The van der Waals surface area contributed by atoms with Crippen molar-refractivity contribution < 1.29 is 9.21 Å². The molecule has 0 fully saturated rings. The maximum atomic E-state index is 13.4. The Morgan fingerprint density at radius 3 is 2.23 bits per heavy atom. The van der Waals surface area contributed by atoms with Gasteiger partial charge < -0.3 is 9.32 Å². The van der Waals surface area contributed by atoms with E-state index in [9.17, 15) is 9.59 Å². The van der Waals surface area contributed by atoms with Gasteiger partial charge in [-0.25, -0.2) is 0 Å². The first-order chi connectivity index (χ1) is 14.6. The minimum atomic E-state index is -0.155. The number of carbonyl (C=O) groups is 1. The van der Waals surface area contributed by atoms with Gasteiger partial charge in [0.25, 0.3) is 5.91 Å². The van der Waals surface area contributed by atoms with Crippen LogP contribution in [0.15, 0.2) is 88.1 Å². The Kier molecular flexibility index (Phi) is 5.48. The molecular weight excluding hydrogens is 374 g/mol. The zero-order chi connectivity index (χ0) is 21.1. The van der Waals surface area contributed by atoms with Gasteiger partial charge >= 0.3 is 0 Å². The molecular formula is C26H23NO3. The van der Waals surface area contributed by atoms with Crippen LogP contribution in [0.5, 0.6) is 0 Å². The molecule has 0 saturated carbocycles. The van der Waals surface area contributed by atoms with Crippen LogP contribution in [-0.4, -0.2) is 17.4 Å². The predicted octanol–water partition coefficient (Wildman–Crippen LogP) is 5.43. The summed E-state index contributed by atoms with van der Waals surface area (Å²) in [5.74, 6) is 0.345. The Bertz CT molecular complexity index is 1240.